The first kappa shape index (κ1) is 20.2. The second-order valence-electron chi connectivity index (χ2n) is 6.50. The van der Waals surface area contributed by atoms with Crippen LogP contribution in [0.3, 0.4) is 0 Å². The van der Waals surface area contributed by atoms with E-state index in [2.05, 4.69) is 0 Å². The molecule has 0 fully saturated rings. The number of ether oxygens (including phenoxy) is 1. The van der Waals surface area contributed by atoms with Crippen molar-refractivity contribution in [1.82, 2.24) is 0 Å². The van der Waals surface area contributed by atoms with Crippen molar-refractivity contribution in [3.63, 3.8) is 0 Å². The van der Waals surface area contributed by atoms with E-state index in [4.69, 9.17) is 16.3 Å². The van der Waals surface area contributed by atoms with Crippen LogP contribution in [-0.2, 0) is 10.0 Å². The van der Waals surface area contributed by atoms with Gasteiger partial charge in [0, 0.05) is 11.1 Å². The average molecular weight is 416 g/mol. The van der Waals surface area contributed by atoms with E-state index in [-0.39, 0.29) is 4.90 Å². The van der Waals surface area contributed by atoms with Crippen LogP contribution in [0, 0.1) is 6.92 Å². The van der Waals surface area contributed by atoms with Crippen molar-refractivity contribution in [2.75, 3.05) is 11.4 Å². The summed E-state index contributed by atoms with van der Waals surface area (Å²) in [6.07, 6.45) is 0. The molecule has 0 aromatic heterocycles. The number of rotatable bonds is 6. The van der Waals surface area contributed by atoms with Gasteiger partial charge in [-0.25, -0.2) is 8.42 Å². The van der Waals surface area contributed by atoms with Crippen LogP contribution in [0.1, 0.15) is 24.1 Å². The van der Waals surface area contributed by atoms with Crippen LogP contribution < -0.4 is 9.04 Å². The van der Waals surface area contributed by atoms with E-state index in [1.165, 1.54) is 10.4 Å². The van der Waals surface area contributed by atoms with Crippen LogP contribution in [0.15, 0.2) is 77.7 Å². The Hall–Kier alpha value is -2.50. The normalized spacial score (nSPS) is 12.4. The number of sulfonamides is 1. The number of hydrogen-bond donors (Lipinski definition) is 0. The summed E-state index contributed by atoms with van der Waals surface area (Å²) in [5, 5.41) is 0.416. The van der Waals surface area contributed by atoms with Gasteiger partial charge in [0.05, 0.1) is 23.7 Å². The van der Waals surface area contributed by atoms with Crippen molar-refractivity contribution in [2.45, 2.75) is 24.8 Å². The molecule has 0 N–H and O–H groups in total. The lowest BCUT2D eigenvalue weighted by Gasteiger charge is -2.31. The van der Waals surface area contributed by atoms with Crippen LogP contribution in [0.2, 0.25) is 5.02 Å². The van der Waals surface area contributed by atoms with Gasteiger partial charge in [-0.1, -0.05) is 54.1 Å². The van der Waals surface area contributed by atoms with Gasteiger partial charge in [-0.05, 0) is 49.2 Å². The fraction of sp³-hybridized carbons (Fsp3) is 0.182. The molecule has 0 spiro atoms. The Morgan fingerprint density at radius 1 is 0.964 bits per heavy atom. The lowest BCUT2D eigenvalue weighted by Crippen LogP contribution is -2.33. The van der Waals surface area contributed by atoms with Crippen molar-refractivity contribution in [2.24, 2.45) is 0 Å². The first-order valence-electron chi connectivity index (χ1n) is 8.84. The van der Waals surface area contributed by atoms with E-state index < -0.39 is 16.1 Å². The predicted molar refractivity (Wildman–Crippen MR) is 114 cm³/mol. The largest absolute Gasteiger partial charge is 0.497 e. The zero-order valence-electron chi connectivity index (χ0n) is 16.0. The van der Waals surface area contributed by atoms with Gasteiger partial charge in [-0.3, -0.25) is 4.31 Å². The molecule has 6 heteroatoms. The zero-order valence-corrected chi connectivity index (χ0v) is 17.5. The minimum absolute atomic E-state index is 0.147. The molecule has 0 saturated carbocycles. The summed E-state index contributed by atoms with van der Waals surface area (Å²) in [5.41, 5.74) is 2.23. The number of hydrogen-bond acceptors (Lipinski definition) is 3. The number of halogens is 1. The molecule has 146 valence electrons. The molecule has 3 rings (SSSR count). The van der Waals surface area contributed by atoms with Crippen molar-refractivity contribution in [3.05, 3.63) is 88.9 Å². The van der Waals surface area contributed by atoms with Crippen molar-refractivity contribution in [1.29, 1.82) is 0 Å². The van der Waals surface area contributed by atoms with E-state index in [0.29, 0.717) is 16.5 Å². The minimum atomic E-state index is -3.87. The van der Waals surface area contributed by atoms with Gasteiger partial charge in [0.15, 0.2) is 0 Å². The highest BCUT2D eigenvalue weighted by Gasteiger charge is 2.31. The van der Waals surface area contributed by atoms with Crippen LogP contribution in [0.4, 0.5) is 5.69 Å². The molecule has 0 aliphatic heterocycles. The highest BCUT2D eigenvalue weighted by molar-refractivity contribution is 7.92. The van der Waals surface area contributed by atoms with E-state index in [0.717, 1.165) is 11.1 Å². The number of aryl methyl sites for hydroxylation is 1. The van der Waals surface area contributed by atoms with Gasteiger partial charge in [0.2, 0.25) is 0 Å². The number of nitrogens with zero attached hydrogens (tertiary/aromatic N) is 1. The Balaban J connectivity index is 2.18. The van der Waals surface area contributed by atoms with Gasteiger partial charge >= 0.3 is 0 Å². The van der Waals surface area contributed by atoms with E-state index in [1.807, 2.05) is 44.2 Å². The smallest absolute Gasteiger partial charge is 0.264 e. The van der Waals surface area contributed by atoms with Gasteiger partial charge in [0.25, 0.3) is 10.0 Å². The van der Waals surface area contributed by atoms with Crippen molar-refractivity contribution in [3.8, 4) is 5.75 Å². The summed E-state index contributed by atoms with van der Waals surface area (Å²) < 4.78 is 34.0. The molecule has 0 aliphatic carbocycles. The maximum Gasteiger partial charge on any atom is 0.264 e. The molecule has 0 amide bonds. The van der Waals surface area contributed by atoms with Gasteiger partial charge in [-0.2, -0.15) is 0 Å². The lowest BCUT2D eigenvalue weighted by molar-refractivity contribution is 0.415. The van der Waals surface area contributed by atoms with Crippen molar-refractivity contribution < 1.29 is 13.2 Å². The Morgan fingerprint density at radius 3 is 2.32 bits per heavy atom. The Labute approximate surface area is 171 Å². The SMILES string of the molecule is COc1cccc(N([C@@H](C)c2ccccc2)S(=O)(=O)c2ccc(C)c(Cl)c2)c1. The average Bonchev–Trinajstić information content (AvgIpc) is 2.70. The van der Waals surface area contributed by atoms with E-state index in [1.54, 1.807) is 43.5 Å². The second-order valence-corrected chi connectivity index (χ2v) is 8.72. The quantitative estimate of drug-likeness (QED) is 0.525. The summed E-state index contributed by atoms with van der Waals surface area (Å²) in [7, 11) is -2.32. The molecule has 0 aliphatic rings. The molecule has 0 unspecified atom stereocenters. The van der Waals surface area contributed by atoms with Crippen LogP contribution in [-0.4, -0.2) is 15.5 Å². The van der Waals surface area contributed by atoms with E-state index in [9.17, 15) is 8.42 Å². The Morgan fingerprint density at radius 2 is 1.68 bits per heavy atom. The molecule has 0 radical (unpaired) electrons. The van der Waals surface area contributed by atoms with Crippen LogP contribution >= 0.6 is 11.6 Å². The molecule has 0 bridgehead atoms. The molecular formula is C22H22ClNO3S. The number of anilines is 1. The monoisotopic (exact) mass is 415 g/mol. The summed E-state index contributed by atoms with van der Waals surface area (Å²) in [6, 6.07) is 20.9. The first-order chi connectivity index (χ1) is 13.3. The topological polar surface area (TPSA) is 46.6 Å². The summed E-state index contributed by atoms with van der Waals surface area (Å²) in [6.45, 7) is 3.70. The van der Waals surface area contributed by atoms with Crippen LogP contribution in [0.25, 0.3) is 0 Å². The fourth-order valence-corrected chi connectivity index (χ4v) is 4.94. The van der Waals surface area contributed by atoms with E-state index >= 15 is 0 Å². The van der Waals surface area contributed by atoms with Gasteiger partial charge < -0.3 is 4.74 Å². The molecule has 1 atom stereocenters. The third kappa shape index (κ3) is 4.01. The molecule has 4 nitrogen and oxygen atoms in total. The second kappa shape index (κ2) is 8.25. The Kier molecular flexibility index (Phi) is 5.96. The maximum atomic E-state index is 13.6. The molecule has 0 heterocycles. The third-order valence-electron chi connectivity index (χ3n) is 4.64. The summed E-state index contributed by atoms with van der Waals surface area (Å²) in [4.78, 5) is 0.147. The van der Waals surface area contributed by atoms with Crippen molar-refractivity contribution >= 4 is 27.3 Å². The highest BCUT2D eigenvalue weighted by Crippen LogP contribution is 2.35. The molecule has 28 heavy (non-hydrogen) atoms. The fourth-order valence-electron chi connectivity index (χ4n) is 3.03. The zero-order chi connectivity index (χ0) is 20.3. The first-order valence-corrected chi connectivity index (χ1v) is 10.7. The standard InChI is InChI=1S/C22H22ClNO3S/c1-16-12-13-21(15-22(16)23)28(25,26)24(17(2)18-8-5-4-6-9-18)19-10-7-11-20(14-19)27-3/h4-15,17H,1-3H3/t17-/m0/s1. The predicted octanol–water partition coefficient (Wildman–Crippen LogP) is 5.61. The molecular weight excluding hydrogens is 394 g/mol. The minimum Gasteiger partial charge on any atom is -0.497 e. The molecule has 0 saturated heterocycles. The molecule has 3 aromatic rings. The lowest BCUT2D eigenvalue weighted by atomic mass is 10.1. The number of methoxy groups -OCH3 is 1. The summed E-state index contributed by atoms with van der Waals surface area (Å²) >= 11 is 6.21. The Bertz CT molecular complexity index is 1070. The summed E-state index contributed by atoms with van der Waals surface area (Å²) in [5.74, 6) is 0.583. The van der Waals surface area contributed by atoms with Gasteiger partial charge in [0.1, 0.15) is 5.75 Å². The van der Waals surface area contributed by atoms with Gasteiger partial charge in [-0.15, -0.1) is 0 Å². The number of benzene rings is 3. The maximum absolute atomic E-state index is 13.6. The van der Waals surface area contributed by atoms with Crippen LogP contribution in [0.5, 0.6) is 5.75 Å². The highest BCUT2D eigenvalue weighted by atomic mass is 35.5. The molecule has 3 aromatic carbocycles. The third-order valence-corrected chi connectivity index (χ3v) is 6.94.